The quantitative estimate of drug-likeness (QED) is 0.383. The van der Waals surface area contributed by atoms with Crippen LogP contribution in [0.2, 0.25) is 0 Å². The zero-order valence-corrected chi connectivity index (χ0v) is 18.5. The number of halogens is 2. The molecule has 0 bridgehead atoms. The van der Waals surface area contributed by atoms with Gasteiger partial charge in [-0.1, -0.05) is 46.3 Å². The molecule has 0 fully saturated rings. The SMILES string of the molecule is Cc1cc(/C=C(/C#N)C(=O)N[C@H](C)c2ccccc2)c(C)n1-c1ccc(Br)cc1F. The Labute approximate surface area is 183 Å². The number of nitrogens with zero attached hydrogens (tertiary/aromatic N) is 2. The Morgan fingerprint density at radius 2 is 1.90 bits per heavy atom. The maximum Gasteiger partial charge on any atom is 0.262 e. The first-order valence-corrected chi connectivity index (χ1v) is 10.2. The fourth-order valence-electron chi connectivity index (χ4n) is 3.37. The Bertz CT molecular complexity index is 1160. The molecule has 3 rings (SSSR count). The summed E-state index contributed by atoms with van der Waals surface area (Å²) < 4.78 is 16.9. The van der Waals surface area contributed by atoms with Crippen LogP contribution < -0.4 is 5.32 Å². The zero-order chi connectivity index (χ0) is 21.8. The molecule has 30 heavy (non-hydrogen) atoms. The lowest BCUT2D eigenvalue weighted by atomic mass is 10.1. The van der Waals surface area contributed by atoms with Gasteiger partial charge in [0.25, 0.3) is 5.91 Å². The highest BCUT2D eigenvalue weighted by Gasteiger charge is 2.17. The van der Waals surface area contributed by atoms with Gasteiger partial charge >= 0.3 is 0 Å². The van der Waals surface area contributed by atoms with Crippen LogP contribution in [0.3, 0.4) is 0 Å². The van der Waals surface area contributed by atoms with Crippen LogP contribution in [0.1, 0.15) is 35.5 Å². The molecular weight excluding hydrogens is 445 g/mol. The molecule has 4 nitrogen and oxygen atoms in total. The van der Waals surface area contributed by atoms with E-state index in [1.54, 1.807) is 22.8 Å². The van der Waals surface area contributed by atoms with Crippen LogP contribution in [0.5, 0.6) is 0 Å². The molecule has 1 atom stereocenters. The molecule has 1 heterocycles. The Morgan fingerprint density at radius 1 is 1.20 bits per heavy atom. The summed E-state index contributed by atoms with van der Waals surface area (Å²) in [5.74, 6) is -0.815. The summed E-state index contributed by atoms with van der Waals surface area (Å²) in [6, 6.07) is 18.0. The second kappa shape index (κ2) is 9.10. The van der Waals surface area contributed by atoms with E-state index in [0.717, 1.165) is 17.0 Å². The number of hydrogen-bond acceptors (Lipinski definition) is 2. The first-order valence-electron chi connectivity index (χ1n) is 9.43. The van der Waals surface area contributed by atoms with Gasteiger partial charge in [-0.05, 0) is 62.2 Å². The Morgan fingerprint density at radius 3 is 2.53 bits per heavy atom. The number of aryl methyl sites for hydroxylation is 1. The molecule has 1 amide bonds. The van der Waals surface area contributed by atoms with Gasteiger partial charge in [-0.2, -0.15) is 5.26 Å². The molecule has 0 saturated heterocycles. The summed E-state index contributed by atoms with van der Waals surface area (Å²) in [7, 11) is 0. The molecule has 0 unspecified atom stereocenters. The zero-order valence-electron chi connectivity index (χ0n) is 16.9. The van der Waals surface area contributed by atoms with Crippen LogP contribution >= 0.6 is 15.9 Å². The van der Waals surface area contributed by atoms with Crippen molar-refractivity contribution in [2.75, 3.05) is 0 Å². The average Bonchev–Trinajstić information content (AvgIpc) is 3.00. The van der Waals surface area contributed by atoms with Crippen molar-refractivity contribution in [1.29, 1.82) is 5.26 Å². The molecule has 0 saturated carbocycles. The van der Waals surface area contributed by atoms with E-state index in [0.29, 0.717) is 15.7 Å². The maximum atomic E-state index is 14.5. The molecule has 152 valence electrons. The fourth-order valence-corrected chi connectivity index (χ4v) is 3.70. The number of rotatable bonds is 5. The van der Waals surface area contributed by atoms with Crippen molar-refractivity contribution in [3.63, 3.8) is 0 Å². The van der Waals surface area contributed by atoms with Crippen molar-refractivity contribution < 1.29 is 9.18 Å². The van der Waals surface area contributed by atoms with Crippen molar-refractivity contribution >= 4 is 27.9 Å². The fraction of sp³-hybridized carbons (Fsp3) is 0.167. The normalized spacial score (nSPS) is 12.3. The van der Waals surface area contributed by atoms with Crippen molar-refractivity contribution in [3.8, 4) is 11.8 Å². The molecule has 0 aliphatic rings. The summed E-state index contributed by atoms with van der Waals surface area (Å²) in [4.78, 5) is 12.7. The highest BCUT2D eigenvalue weighted by atomic mass is 79.9. The number of aromatic nitrogens is 1. The number of nitrogens with one attached hydrogen (secondary N) is 1. The van der Waals surface area contributed by atoms with E-state index in [1.165, 1.54) is 6.07 Å². The van der Waals surface area contributed by atoms with Gasteiger partial charge in [-0.25, -0.2) is 4.39 Å². The first-order chi connectivity index (χ1) is 14.3. The van der Waals surface area contributed by atoms with Gasteiger partial charge < -0.3 is 9.88 Å². The third-order valence-corrected chi connectivity index (χ3v) is 5.43. The van der Waals surface area contributed by atoms with Crippen molar-refractivity contribution in [2.45, 2.75) is 26.8 Å². The highest BCUT2D eigenvalue weighted by molar-refractivity contribution is 9.10. The standard InChI is InChI=1S/C24H21BrFN3O/c1-15-11-19(17(3)29(15)23-10-9-21(25)13-22(23)26)12-20(14-27)24(30)28-16(2)18-7-5-4-6-8-18/h4-13,16H,1-3H3,(H,28,30)/b20-12-/t16-/m1/s1. The number of benzene rings is 2. The number of carbonyl (C=O) groups is 1. The molecule has 1 N–H and O–H groups in total. The third-order valence-electron chi connectivity index (χ3n) is 4.93. The molecule has 3 aromatic rings. The van der Waals surface area contributed by atoms with Gasteiger partial charge in [0.2, 0.25) is 0 Å². The molecular formula is C24H21BrFN3O. The van der Waals surface area contributed by atoms with Crippen molar-refractivity contribution in [2.24, 2.45) is 0 Å². The largest absolute Gasteiger partial charge is 0.345 e. The molecule has 2 aromatic carbocycles. The first kappa shape index (κ1) is 21.5. The number of nitriles is 1. The minimum Gasteiger partial charge on any atom is -0.345 e. The maximum absolute atomic E-state index is 14.5. The van der Waals surface area contributed by atoms with Crippen LogP contribution in [0.25, 0.3) is 11.8 Å². The van der Waals surface area contributed by atoms with Crippen LogP contribution in [-0.2, 0) is 4.79 Å². The lowest BCUT2D eigenvalue weighted by Crippen LogP contribution is -2.27. The topological polar surface area (TPSA) is 57.8 Å². The summed E-state index contributed by atoms with van der Waals surface area (Å²) in [6.45, 7) is 5.56. The van der Waals surface area contributed by atoms with E-state index in [1.807, 2.05) is 63.2 Å². The van der Waals surface area contributed by atoms with E-state index in [4.69, 9.17) is 0 Å². The Hall–Kier alpha value is -3.17. The number of hydrogen-bond donors (Lipinski definition) is 1. The summed E-state index contributed by atoms with van der Waals surface area (Å²) in [6.07, 6.45) is 1.54. The lowest BCUT2D eigenvalue weighted by Gasteiger charge is -2.14. The summed E-state index contributed by atoms with van der Waals surface area (Å²) >= 11 is 3.27. The predicted octanol–water partition coefficient (Wildman–Crippen LogP) is 5.78. The minimum absolute atomic E-state index is 0.00527. The van der Waals surface area contributed by atoms with E-state index >= 15 is 0 Å². The smallest absolute Gasteiger partial charge is 0.262 e. The monoisotopic (exact) mass is 465 g/mol. The van der Waals surface area contributed by atoms with E-state index in [2.05, 4.69) is 21.2 Å². The molecule has 6 heteroatoms. The predicted molar refractivity (Wildman–Crippen MR) is 119 cm³/mol. The number of carbonyl (C=O) groups excluding carboxylic acids is 1. The van der Waals surface area contributed by atoms with Gasteiger partial charge in [0.05, 0.1) is 11.7 Å². The van der Waals surface area contributed by atoms with E-state index in [9.17, 15) is 14.4 Å². The van der Waals surface area contributed by atoms with E-state index in [-0.39, 0.29) is 17.4 Å². The molecule has 0 radical (unpaired) electrons. The minimum atomic E-state index is -0.450. The van der Waals surface area contributed by atoms with E-state index < -0.39 is 5.91 Å². The third kappa shape index (κ3) is 4.52. The van der Waals surface area contributed by atoms with Gasteiger partial charge in [-0.15, -0.1) is 0 Å². The average molecular weight is 466 g/mol. The highest BCUT2D eigenvalue weighted by Crippen LogP contribution is 2.26. The number of amides is 1. The molecule has 0 aliphatic heterocycles. The van der Waals surface area contributed by atoms with Crippen LogP contribution in [0.15, 0.2) is 64.6 Å². The van der Waals surface area contributed by atoms with Crippen molar-refractivity contribution in [1.82, 2.24) is 9.88 Å². The van der Waals surface area contributed by atoms with Crippen LogP contribution in [-0.4, -0.2) is 10.5 Å². The summed E-state index contributed by atoms with van der Waals surface area (Å²) in [5.41, 5.74) is 3.59. The van der Waals surface area contributed by atoms with Gasteiger partial charge in [0.15, 0.2) is 0 Å². The molecule has 0 spiro atoms. The van der Waals surface area contributed by atoms with Gasteiger partial charge in [-0.3, -0.25) is 4.79 Å². The van der Waals surface area contributed by atoms with Gasteiger partial charge in [0, 0.05) is 15.9 Å². The second-order valence-corrected chi connectivity index (χ2v) is 7.95. The Kier molecular flexibility index (Phi) is 6.53. The Balaban J connectivity index is 1.91. The van der Waals surface area contributed by atoms with Crippen LogP contribution in [0.4, 0.5) is 4.39 Å². The summed E-state index contributed by atoms with van der Waals surface area (Å²) in [5, 5.41) is 12.4. The van der Waals surface area contributed by atoms with Crippen molar-refractivity contribution in [3.05, 3.63) is 93.0 Å². The molecule has 0 aliphatic carbocycles. The molecule has 1 aromatic heterocycles. The van der Waals surface area contributed by atoms with Crippen LogP contribution in [0, 0.1) is 31.0 Å². The second-order valence-electron chi connectivity index (χ2n) is 7.03. The lowest BCUT2D eigenvalue weighted by molar-refractivity contribution is -0.117. The van der Waals surface area contributed by atoms with Gasteiger partial charge in [0.1, 0.15) is 17.5 Å².